The highest BCUT2D eigenvalue weighted by atomic mass is 19.2. The second-order valence-corrected chi connectivity index (χ2v) is 7.45. The first-order valence-electron chi connectivity index (χ1n) is 9.87. The number of aromatic hydroxyl groups is 1. The van der Waals surface area contributed by atoms with Crippen molar-refractivity contribution < 1.29 is 18.7 Å². The lowest BCUT2D eigenvalue weighted by Gasteiger charge is -2.35. The lowest BCUT2D eigenvalue weighted by atomic mass is 9.95. The molecule has 0 bridgehead atoms. The maximum Gasteiger partial charge on any atom is 0.254 e. The van der Waals surface area contributed by atoms with E-state index < -0.39 is 28.9 Å². The molecule has 6 heteroatoms. The fourth-order valence-electron chi connectivity index (χ4n) is 3.59. The molecule has 4 nitrogen and oxygen atoms in total. The number of benzene rings is 2. The first kappa shape index (κ1) is 20.8. The van der Waals surface area contributed by atoms with E-state index in [9.17, 15) is 13.6 Å². The van der Waals surface area contributed by atoms with Gasteiger partial charge in [-0.1, -0.05) is 36.9 Å². The number of phenolic OH excluding ortho intramolecular Hbond substituents is 1. The number of hydrogen-bond donors (Lipinski definition) is 2. The molecule has 0 radical (unpaired) electrons. The van der Waals surface area contributed by atoms with E-state index in [0.29, 0.717) is 6.54 Å². The fraction of sp³-hybridized carbons (Fsp3) is 0.348. The van der Waals surface area contributed by atoms with Crippen LogP contribution in [0, 0.1) is 17.6 Å². The molecule has 1 aliphatic rings. The van der Waals surface area contributed by atoms with Crippen LogP contribution in [0.25, 0.3) is 0 Å². The predicted octanol–water partition coefficient (Wildman–Crippen LogP) is 4.26. The highest BCUT2D eigenvalue weighted by molar-refractivity contribution is 5.94. The van der Waals surface area contributed by atoms with Crippen LogP contribution in [0.5, 0.6) is 5.75 Å². The average molecular weight is 400 g/mol. The number of hydrogen-bond acceptors (Lipinski definition) is 3. The average Bonchev–Trinajstić information content (AvgIpc) is 2.75. The lowest BCUT2D eigenvalue weighted by Crippen LogP contribution is -2.38. The van der Waals surface area contributed by atoms with Crippen LogP contribution in [0.4, 0.5) is 8.78 Å². The van der Waals surface area contributed by atoms with Crippen molar-refractivity contribution >= 4 is 5.91 Å². The first-order chi connectivity index (χ1) is 14.0. The van der Waals surface area contributed by atoms with Gasteiger partial charge in [0.2, 0.25) is 5.82 Å². The number of nitrogens with zero attached hydrogens (tertiary/aromatic N) is 1. The summed E-state index contributed by atoms with van der Waals surface area (Å²) in [5, 5.41) is 11.8. The van der Waals surface area contributed by atoms with Crippen molar-refractivity contribution in [1.29, 1.82) is 0 Å². The number of likely N-dealkylation sites (tertiary alicyclic amines) is 1. The zero-order chi connectivity index (χ0) is 20.8. The van der Waals surface area contributed by atoms with Crippen molar-refractivity contribution in [3.8, 4) is 5.75 Å². The second-order valence-electron chi connectivity index (χ2n) is 7.45. The largest absolute Gasteiger partial charge is 0.505 e. The smallest absolute Gasteiger partial charge is 0.254 e. The summed E-state index contributed by atoms with van der Waals surface area (Å²) in [7, 11) is 0. The number of carbonyl (C=O) groups is 1. The molecule has 0 saturated carbocycles. The van der Waals surface area contributed by atoms with Crippen LogP contribution in [0.3, 0.4) is 0 Å². The highest BCUT2D eigenvalue weighted by Crippen LogP contribution is 2.23. The van der Waals surface area contributed by atoms with Crippen LogP contribution >= 0.6 is 0 Å². The number of phenols is 1. The summed E-state index contributed by atoms with van der Waals surface area (Å²) in [6.45, 7) is 6.37. The Kier molecular flexibility index (Phi) is 6.86. The predicted molar refractivity (Wildman–Crippen MR) is 109 cm³/mol. The maximum atomic E-state index is 13.8. The minimum atomic E-state index is -1.40. The minimum Gasteiger partial charge on any atom is -0.505 e. The topological polar surface area (TPSA) is 52.6 Å². The van der Waals surface area contributed by atoms with Gasteiger partial charge < -0.3 is 15.3 Å². The molecule has 1 saturated heterocycles. The Balaban J connectivity index is 1.42. The van der Waals surface area contributed by atoms with E-state index in [4.69, 9.17) is 5.11 Å². The number of halogens is 2. The highest BCUT2D eigenvalue weighted by Gasteiger charge is 2.22. The van der Waals surface area contributed by atoms with E-state index in [2.05, 4.69) is 28.9 Å². The van der Waals surface area contributed by atoms with Gasteiger partial charge in [-0.25, -0.2) is 4.39 Å². The molecule has 0 aliphatic carbocycles. The first-order valence-corrected chi connectivity index (χ1v) is 9.87. The normalized spacial score (nSPS) is 14.6. The summed E-state index contributed by atoms with van der Waals surface area (Å²) in [6.07, 6.45) is 3.68. The van der Waals surface area contributed by atoms with Gasteiger partial charge >= 0.3 is 0 Å². The Hall–Kier alpha value is -2.89. The quantitative estimate of drug-likeness (QED) is 0.730. The summed E-state index contributed by atoms with van der Waals surface area (Å²) in [6, 6.07) is 12.4. The van der Waals surface area contributed by atoms with Crippen molar-refractivity contribution in [2.24, 2.45) is 5.92 Å². The van der Waals surface area contributed by atoms with Crippen LogP contribution in [-0.4, -0.2) is 35.5 Å². The molecule has 0 atom stereocenters. The SMILES string of the molecule is C=C(CCc1ccccc1)N1CCC(CNC(=O)c2ccc(O)c(F)c2F)CC1. The minimum absolute atomic E-state index is 0.280. The Bertz CT molecular complexity index is 863. The Morgan fingerprint density at radius 2 is 1.79 bits per heavy atom. The standard InChI is InChI=1S/C23H26F2N2O2/c1-16(7-8-17-5-3-2-4-6-17)27-13-11-18(12-14-27)15-26-23(29)19-9-10-20(28)22(25)21(19)24/h2-6,9-10,18,28H,1,7-8,11-15H2,(H,26,29). The summed E-state index contributed by atoms with van der Waals surface area (Å²) in [5.74, 6) is -3.93. The molecule has 154 valence electrons. The van der Waals surface area contributed by atoms with E-state index >= 15 is 0 Å². The van der Waals surface area contributed by atoms with Crippen molar-refractivity contribution in [2.45, 2.75) is 25.7 Å². The maximum absolute atomic E-state index is 13.8. The van der Waals surface area contributed by atoms with Crippen molar-refractivity contribution in [2.75, 3.05) is 19.6 Å². The van der Waals surface area contributed by atoms with Gasteiger partial charge in [-0.3, -0.25) is 4.79 Å². The fourth-order valence-corrected chi connectivity index (χ4v) is 3.59. The molecule has 2 aromatic rings. The lowest BCUT2D eigenvalue weighted by molar-refractivity contribution is 0.0934. The molecule has 29 heavy (non-hydrogen) atoms. The van der Waals surface area contributed by atoms with Gasteiger partial charge in [0.25, 0.3) is 5.91 Å². The Labute approximate surface area is 169 Å². The number of amides is 1. The van der Waals surface area contributed by atoms with Gasteiger partial charge in [-0.15, -0.1) is 0 Å². The number of allylic oxidation sites excluding steroid dienone is 1. The monoisotopic (exact) mass is 400 g/mol. The Morgan fingerprint density at radius 1 is 1.10 bits per heavy atom. The third kappa shape index (κ3) is 5.34. The molecule has 0 unspecified atom stereocenters. The van der Waals surface area contributed by atoms with Crippen LogP contribution in [0.2, 0.25) is 0 Å². The molecule has 0 spiro atoms. The molecule has 1 aliphatic heterocycles. The van der Waals surface area contributed by atoms with E-state index in [0.717, 1.165) is 56.6 Å². The molecule has 0 aromatic heterocycles. The van der Waals surface area contributed by atoms with Gasteiger partial charge in [0.05, 0.1) is 5.56 Å². The molecule has 1 fully saturated rings. The van der Waals surface area contributed by atoms with E-state index in [1.807, 2.05) is 18.2 Å². The number of aryl methyl sites for hydroxylation is 1. The van der Waals surface area contributed by atoms with E-state index in [1.54, 1.807) is 0 Å². The molecule has 1 heterocycles. The van der Waals surface area contributed by atoms with Crippen molar-refractivity contribution in [3.63, 3.8) is 0 Å². The number of carbonyl (C=O) groups excluding carboxylic acids is 1. The zero-order valence-electron chi connectivity index (χ0n) is 16.3. The number of nitrogens with one attached hydrogen (secondary N) is 1. The molecular formula is C23H26F2N2O2. The van der Waals surface area contributed by atoms with Crippen LogP contribution in [0.15, 0.2) is 54.7 Å². The summed E-state index contributed by atoms with van der Waals surface area (Å²) in [4.78, 5) is 14.4. The summed E-state index contributed by atoms with van der Waals surface area (Å²) >= 11 is 0. The summed E-state index contributed by atoms with van der Waals surface area (Å²) in [5.41, 5.74) is 2.02. The molecule has 2 N–H and O–H groups in total. The molecule has 3 rings (SSSR count). The molecule has 2 aromatic carbocycles. The van der Waals surface area contributed by atoms with Crippen LogP contribution < -0.4 is 5.32 Å². The van der Waals surface area contributed by atoms with Gasteiger partial charge in [-0.05, 0) is 49.3 Å². The summed E-state index contributed by atoms with van der Waals surface area (Å²) < 4.78 is 27.2. The third-order valence-corrected chi connectivity index (χ3v) is 5.46. The van der Waals surface area contributed by atoms with E-state index in [-0.39, 0.29) is 5.92 Å². The van der Waals surface area contributed by atoms with Gasteiger partial charge in [0.1, 0.15) is 0 Å². The van der Waals surface area contributed by atoms with E-state index in [1.165, 1.54) is 5.56 Å². The Morgan fingerprint density at radius 3 is 2.48 bits per heavy atom. The zero-order valence-corrected chi connectivity index (χ0v) is 16.3. The van der Waals surface area contributed by atoms with Crippen molar-refractivity contribution in [3.05, 3.63) is 77.5 Å². The van der Waals surface area contributed by atoms with Crippen LogP contribution in [0.1, 0.15) is 35.2 Å². The van der Waals surface area contributed by atoms with Gasteiger partial charge in [-0.2, -0.15) is 4.39 Å². The van der Waals surface area contributed by atoms with Crippen molar-refractivity contribution in [1.82, 2.24) is 10.2 Å². The molecule has 1 amide bonds. The van der Waals surface area contributed by atoms with Crippen LogP contribution in [-0.2, 0) is 6.42 Å². The number of piperidine rings is 1. The number of rotatable bonds is 7. The van der Waals surface area contributed by atoms with Gasteiger partial charge in [0.15, 0.2) is 11.6 Å². The second kappa shape index (κ2) is 9.54. The van der Waals surface area contributed by atoms with Gasteiger partial charge in [0, 0.05) is 25.3 Å². The molecular weight excluding hydrogens is 374 g/mol. The third-order valence-electron chi connectivity index (χ3n) is 5.46.